The molecule has 1 aromatic heterocycles. The summed E-state index contributed by atoms with van der Waals surface area (Å²) in [6, 6.07) is 4.70. The molecule has 0 aliphatic rings. The molecule has 17 heavy (non-hydrogen) atoms. The Morgan fingerprint density at radius 3 is 2.82 bits per heavy atom. The summed E-state index contributed by atoms with van der Waals surface area (Å²) in [5.74, 6) is 1.27. The highest BCUT2D eigenvalue weighted by Gasteiger charge is 2.35. The highest BCUT2D eigenvalue weighted by atomic mass is 16.4. The van der Waals surface area contributed by atoms with Crippen LogP contribution < -0.4 is 0 Å². The maximum absolute atomic E-state index is 11.3. The number of terminal acetylenes is 1. The number of phenolic OH excluding ortho intramolecular Hbond substituents is 1. The minimum atomic E-state index is -1.41. The Morgan fingerprint density at radius 2 is 2.24 bits per heavy atom. The third-order valence-corrected chi connectivity index (χ3v) is 2.92. The van der Waals surface area contributed by atoms with Gasteiger partial charge in [0.05, 0.1) is 0 Å². The summed E-state index contributed by atoms with van der Waals surface area (Å²) in [7, 11) is 0. The topological polar surface area (TPSA) is 73.3 Å². The van der Waals surface area contributed by atoms with Crippen LogP contribution in [0.1, 0.15) is 12.5 Å². The minimum Gasteiger partial charge on any atom is -0.508 e. The lowest BCUT2D eigenvalue weighted by Gasteiger charge is -2.17. The van der Waals surface area contributed by atoms with E-state index in [4.69, 9.17) is 6.42 Å². The Balaban J connectivity index is 2.76. The van der Waals surface area contributed by atoms with E-state index in [1.807, 2.05) is 0 Å². The number of carboxylic acid groups (broad SMARTS) is 1. The highest BCUT2D eigenvalue weighted by molar-refractivity contribution is 5.94. The standard InChI is InChI=1S/C13H11NO3/c1-3-13(2,12(16)17)10-7-14-11-5-4-8(15)6-9(10)11/h1,4-7,14-15H,2H3,(H,16,17). The van der Waals surface area contributed by atoms with Crippen LogP contribution in [0, 0.1) is 12.3 Å². The lowest BCUT2D eigenvalue weighted by Crippen LogP contribution is -2.30. The summed E-state index contributed by atoms with van der Waals surface area (Å²) in [5, 5.41) is 19.3. The fourth-order valence-electron chi connectivity index (χ4n) is 1.78. The largest absolute Gasteiger partial charge is 0.508 e. The predicted molar refractivity (Wildman–Crippen MR) is 63.8 cm³/mol. The van der Waals surface area contributed by atoms with Crippen molar-refractivity contribution in [3.8, 4) is 18.1 Å². The molecule has 1 heterocycles. The normalized spacial score (nSPS) is 14.1. The van der Waals surface area contributed by atoms with E-state index in [0.29, 0.717) is 10.9 Å². The highest BCUT2D eigenvalue weighted by Crippen LogP contribution is 2.32. The van der Waals surface area contributed by atoms with Gasteiger partial charge in [0.15, 0.2) is 5.41 Å². The fourth-order valence-corrected chi connectivity index (χ4v) is 1.78. The monoisotopic (exact) mass is 229 g/mol. The number of hydrogen-bond acceptors (Lipinski definition) is 2. The van der Waals surface area contributed by atoms with E-state index >= 15 is 0 Å². The molecular formula is C13H11NO3. The molecule has 0 fully saturated rings. The first kappa shape index (κ1) is 11.1. The second-order valence-corrected chi connectivity index (χ2v) is 4.01. The van der Waals surface area contributed by atoms with Crippen molar-refractivity contribution in [3.63, 3.8) is 0 Å². The molecule has 0 aliphatic carbocycles. The number of phenols is 1. The number of hydrogen-bond donors (Lipinski definition) is 3. The van der Waals surface area contributed by atoms with E-state index in [9.17, 15) is 15.0 Å². The molecule has 1 unspecified atom stereocenters. The Morgan fingerprint density at radius 1 is 1.53 bits per heavy atom. The zero-order valence-corrected chi connectivity index (χ0v) is 9.19. The first-order chi connectivity index (χ1) is 7.99. The molecule has 4 nitrogen and oxygen atoms in total. The third kappa shape index (κ3) is 1.53. The van der Waals surface area contributed by atoms with Gasteiger partial charge < -0.3 is 15.2 Å². The van der Waals surface area contributed by atoms with E-state index in [1.165, 1.54) is 19.1 Å². The van der Waals surface area contributed by atoms with Crippen LogP contribution in [0.4, 0.5) is 0 Å². The molecule has 1 aromatic carbocycles. The van der Waals surface area contributed by atoms with Crippen LogP contribution in [-0.2, 0) is 10.2 Å². The van der Waals surface area contributed by atoms with E-state index in [-0.39, 0.29) is 5.75 Å². The smallest absolute Gasteiger partial charge is 0.326 e. The fraction of sp³-hybridized carbons (Fsp3) is 0.154. The average molecular weight is 229 g/mol. The van der Waals surface area contributed by atoms with Crippen molar-refractivity contribution in [2.24, 2.45) is 0 Å². The van der Waals surface area contributed by atoms with Crippen molar-refractivity contribution in [2.45, 2.75) is 12.3 Å². The summed E-state index contributed by atoms with van der Waals surface area (Å²) >= 11 is 0. The van der Waals surface area contributed by atoms with Gasteiger partial charge in [-0.2, -0.15) is 0 Å². The van der Waals surface area contributed by atoms with Crippen molar-refractivity contribution in [1.29, 1.82) is 0 Å². The number of nitrogens with one attached hydrogen (secondary N) is 1. The van der Waals surface area contributed by atoms with Gasteiger partial charge in [0.1, 0.15) is 5.75 Å². The van der Waals surface area contributed by atoms with E-state index in [0.717, 1.165) is 5.52 Å². The molecule has 0 saturated heterocycles. The molecule has 0 aliphatic heterocycles. The molecule has 4 heteroatoms. The lowest BCUT2D eigenvalue weighted by molar-refractivity contribution is -0.140. The number of carboxylic acids is 1. The molecule has 0 spiro atoms. The van der Waals surface area contributed by atoms with Crippen molar-refractivity contribution in [1.82, 2.24) is 4.98 Å². The van der Waals surface area contributed by atoms with Gasteiger partial charge in [-0.15, -0.1) is 6.42 Å². The number of rotatable bonds is 2. The molecule has 0 bridgehead atoms. The summed E-state index contributed by atoms with van der Waals surface area (Å²) in [4.78, 5) is 14.2. The number of aromatic amines is 1. The number of aromatic hydroxyl groups is 1. The van der Waals surface area contributed by atoms with E-state index in [1.54, 1.807) is 12.3 Å². The van der Waals surface area contributed by atoms with Gasteiger partial charge in [-0.25, -0.2) is 0 Å². The van der Waals surface area contributed by atoms with Gasteiger partial charge in [0.25, 0.3) is 0 Å². The van der Waals surface area contributed by atoms with Gasteiger partial charge >= 0.3 is 5.97 Å². The van der Waals surface area contributed by atoms with E-state index < -0.39 is 11.4 Å². The second kappa shape index (κ2) is 3.56. The van der Waals surface area contributed by atoms with Gasteiger partial charge in [-0.1, -0.05) is 5.92 Å². The van der Waals surface area contributed by atoms with Crippen LogP contribution in [0.25, 0.3) is 10.9 Å². The lowest BCUT2D eigenvalue weighted by atomic mass is 9.83. The molecule has 0 amide bonds. The zero-order valence-electron chi connectivity index (χ0n) is 9.19. The summed E-state index contributed by atoms with van der Waals surface area (Å²) in [6.45, 7) is 1.46. The summed E-state index contributed by atoms with van der Waals surface area (Å²) in [6.07, 6.45) is 6.89. The SMILES string of the molecule is C#CC(C)(C(=O)O)c1c[nH]c2ccc(O)cc12. The number of aliphatic carboxylic acids is 1. The van der Waals surface area contributed by atoms with Gasteiger partial charge in [-0.3, -0.25) is 4.79 Å². The van der Waals surface area contributed by atoms with E-state index in [2.05, 4.69) is 10.9 Å². The Bertz CT molecular complexity index is 636. The van der Waals surface area contributed by atoms with Gasteiger partial charge in [0, 0.05) is 22.7 Å². The molecule has 2 aromatic rings. The Labute approximate surface area is 97.9 Å². The molecule has 3 N–H and O–H groups in total. The number of H-pyrrole nitrogens is 1. The Hall–Kier alpha value is -2.41. The second-order valence-electron chi connectivity index (χ2n) is 4.01. The minimum absolute atomic E-state index is 0.0723. The van der Waals surface area contributed by atoms with Crippen molar-refractivity contribution < 1.29 is 15.0 Å². The van der Waals surface area contributed by atoms with Crippen LogP contribution in [0.5, 0.6) is 5.75 Å². The van der Waals surface area contributed by atoms with Crippen LogP contribution in [-0.4, -0.2) is 21.2 Å². The van der Waals surface area contributed by atoms with Gasteiger partial charge in [0.2, 0.25) is 0 Å². The molecule has 1 atom stereocenters. The van der Waals surface area contributed by atoms with Crippen LogP contribution in [0.3, 0.4) is 0 Å². The number of aromatic nitrogens is 1. The van der Waals surface area contributed by atoms with Crippen molar-refractivity contribution in [3.05, 3.63) is 30.0 Å². The van der Waals surface area contributed by atoms with Crippen LogP contribution >= 0.6 is 0 Å². The zero-order chi connectivity index (χ0) is 12.6. The van der Waals surface area contributed by atoms with Crippen LogP contribution in [0.2, 0.25) is 0 Å². The maximum Gasteiger partial charge on any atom is 0.326 e. The predicted octanol–water partition coefficient (Wildman–Crippen LogP) is 1.85. The summed E-state index contributed by atoms with van der Waals surface area (Å²) < 4.78 is 0. The first-order valence-corrected chi connectivity index (χ1v) is 5.01. The molecule has 0 radical (unpaired) electrons. The molecule has 86 valence electrons. The average Bonchev–Trinajstić information content (AvgIpc) is 2.71. The number of benzene rings is 1. The Kier molecular flexibility index (Phi) is 2.32. The molecule has 0 saturated carbocycles. The quantitative estimate of drug-likeness (QED) is 0.688. The van der Waals surface area contributed by atoms with Crippen molar-refractivity contribution >= 4 is 16.9 Å². The summed E-state index contributed by atoms with van der Waals surface area (Å²) in [5.41, 5.74) is -0.203. The molecule has 2 rings (SSSR count). The number of fused-ring (bicyclic) bond motifs is 1. The molecular weight excluding hydrogens is 218 g/mol. The number of carbonyl (C=O) groups is 1. The first-order valence-electron chi connectivity index (χ1n) is 5.01. The van der Waals surface area contributed by atoms with Crippen molar-refractivity contribution in [2.75, 3.05) is 0 Å². The maximum atomic E-state index is 11.3. The third-order valence-electron chi connectivity index (χ3n) is 2.92. The van der Waals surface area contributed by atoms with Crippen LogP contribution in [0.15, 0.2) is 24.4 Å². The van der Waals surface area contributed by atoms with Gasteiger partial charge in [-0.05, 0) is 25.1 Å².